The minimum Gasteiger partial charge on any atom is -0.348 e. The van der Waals surface area contributed by atoms with Crippen LogP contribution in [0.1, 0.15) is 36.0 Å². The number of nitro groups is 1. The van der Waals surface area contributed by atoms with Gasteiger partial charge in [-0.15, -0.1) is 0 Å². The highest BCUT2D eigenvalue weighted by Crippen LogP contribution is 2.20. The molecule has 1 aliphatic carbocycles. The summed E-state index contributed by atoms with van der Waals surface area (Å²) in [5.74, 6) is -0.422. The smallest absolute Gasteiger partial charge is 0.282 e. The van der Waals surface area contributed by atoms with Crippen LogP contribution in [0.3, 0.4) is 0 Å². The maximum Gasteiger partial charge on any atom is 0.282 e. The summed E-state index contributed by atoms with van der Waals surface area (Å²) in [6.45, 7) is 0. The van der Waals surface area contributed by atoms with Crippen LogP contribution in [-0.2, 0) is 0 Å². The molecule has 0 spiro atoms. The van der Waals surface area contributed by atoms with Crippen LogP contribution >= 0.6 is 0 Å². The van der Waals surface area contributed by atoms with E-state index < -0.39 is 10.8 Å². The van der Waals surface area contributed by atoms with E-state index in [9.17, 15) is 14.9 Å². The van der Waals surface area contributed by atoms with Gasteiger partial charge in [-0.1, -0.05) is 25.0 Å². The molecular weight excluding hydrogens is 246 g/mol. The van der Waals surface area contributed by atoms with Gasteiger partial charge < -0.3 is 11.1 Å². The predicted octanol–water partition coefficient (Wildman–Crippen LogP) is 1.59. The van der Waals surface area contributed by atoms with Gasteiger partial charge in [0.25, 0.3) is 11.6 Å². The van der Waals surface area contributed by atoms with Crippen LogP contribution in [-0.4, -0.2) is 22.9 Å². The molecule has 1 amide bonds. The zero-order valence-electron chi connectivity index (χ0n) is 10.5. The van der Waals surface area contributed by atoms with Crippen molar-refractivity contribution in [2.45, 2.75) is 37.8 Å². The number of amides is 1. The Morgan fingerprint density at radius 1 is 1.32 bits per heavy atom. The molecule has 0 saturated heterocycles. The molecule has 1 aliphatic rings. The van der Waals surface area contributed by atoms with E-state index >= 15 is 0 Å². The standard InChI is InChI=1S/C13H17N3O3/c14-10-6-2-3-7-11(10)15-13(17)9-5-1-4-8-12(9)16(18)19/h1,4-5,8,10-11H,2-3,6-7,14H2,(H,15,17). The number of para-hydroxylation sites is 1. The molecule has 1 saturated carbocycles. The van der Waals surface area contributed by atoms with Gasteiger partial charge in [-0.3, -0.25) is 14.9 Å². The Balaban J connectivity index is 2.13. The zero-order valence-corrected chi connectivity index (χ0v) is 10.5. The SMILES string of the molecule is NC1CCCCC1NC(=O)c1ccccc1[N+](=O)[O-]. The number of nitrogens with one attached hydrogen (secondary N) is 1. The summed E-state index contributed by atoms with van der Waals surface area (Å²) in [6.07, 6.45) is 3.80. The lowest BCUT2D eigenvalue weighted by Gasteiger charge is -2.29. The fourth-order valence-corrected chi connectivity index (χ4v) is 2.41. The van der Waals surface area contributed by atoms with Gasteiger partial charge in [0.05, 0.1) is 4.92 Å². The Bertz CT molecular complexity index is 490. The molecule has 19 heavy (non-hydrogen) atoms. The van der Waals surface area contributed by atoms with Crippen molar-refractivity contribution in [2.24, 2.45) is 5.73 Å². The van der Waals surface area contributed by atoms with E-state index in [1.807, 2.05) is 0 Å². The molecule has 3 N–H and O–H groups in total. The molecule has 0 aliphatic heterocycles. The lowest BCUT2D eigenvalue weighted by atomic mass is 9.91. The Labute approximate surface area is 111 Å². The Morgan fingerprint density at radius 3 is 2.68 bits per heavy atom. The third-order valence-corrected chi connectivity index (χ3v) is 3.48. The number of nitro benzene ring substituents is 1. The summed E-state index contributed by atoms with van der Waals surface area (Å²) in [6, 6.07) is 5.78. The molecule has 6 heteroatoms. The molecule has 0 heterocycles. The lowest BCUT2D eigenvalue weighted by Crippen LogP contribution is -2.49. The van der Waals surface area contributed by atoms with E-state index in [0.717, 1.165) is 25.7 Å². The van der Waals surface area contributed by atoms with Crippen molar-refractivity contribution in [1.29, 1.82) is 0 Å². The lowest BCUT2D eigenvalue weighted by molar-refractivity contribution is -0.385. The number of carbonyl (C=O) groups excluding carboxylic acids is 1. The topological polar surface area (TPSA) is 98.3 Å². The summed E-state index contributed by atoms with van der Waals surface area (Å²) < 4.78 is 0. The first-order valence-electron chi connectivity index (χ1n) is 6.39. The van der Waals surface area contributed by atoms with Crippen LogP contribution in [0.5, 0.6) is 0 Å². The molecule has 1 aromatic carbocycles. The van der Waals surface area contributed by atoms with Crippen LogP contribution in [0, 0.1) is 10.1 Å². The minimum absolute atomic E-state index is 0.0690. The first-order valence-corrected chi connectivity index (χ1v) is 6.39. The van der Waals surface area contributed by atoms with Gasteiger partial charge in [0.2, 0.25) is 0 Å². The molecule has 0 aromatic heterocycles. The van der Waals surface area contributed by atoms with Gasteiger partial charge in [0.15, 0.2) is 0 Å². The molecule has 0 radical (unpaired) electrons. The highest BCUT2D eigenvalue weighted by atomic mass is 16.6. The number of nitrogens with two attached hydrogens (primary N) is 1. The second-order valence-electron chi connectivity index (χ2n) is 4.80. The average Bonchev–Trinajstić information content (AvgIpc) is 2.41. The molecule has 0 bridgehead atoms. The molecule has 2 rings (SSSR count). The summed E-state index contributed by atoms with van der Waals surface area (Å²) in [7, 11) is 0. The van der Waals surface area contributed by atoms with E-state index in [-0.39, 0.29) is 23.3 Å². The monoisotopic (exact) mass is 263 g/mol. The largest absolute Gasteiger partial charge is 0.348 e. The number of hydrogen-bond acceptors (Lipinski definition) is 4. The van der Waals surface area contributed by atoms with Gasteiger partial charge >= 0.3 is 0 Å². The van der Waals surface area contributed by atoms with E-state index in [1.165, 1.54) is 12.1 Å². The van der Waals surface area contributed by atoms with E-state index in [4.69, 9.17) is 5.73 Å². The van der Waals surface area contributed by atoms with Crippen LogP contribution in [0.25, 0.3) is 0 Å². The van der Waals surface area contributed by atoms with Crippen LogP contribution in [0.15, 0.2) is 24.3 Å². The maximum absolute atomic E-state index is 12.1. The molecule has 2 atom stereocenters. The second kappa shape index (κ2) is 5.79. The summed E-state index contributed by atoms with van der Waals surface area (Å²) in [5, 5.41) is 13.7. The zero-order chi connectivity index (χ0) is 13.8. The van der Waals surface area contributed by atoms with E-state index in [0.29, 0.717) is 0 Å². The number of hydrogen-bond donors (Lipinski definition) is 2. The molecule has 102 valence electrons. The average molecular weight is 263 g/mol. The quantitative estimate of drug-likeness (QED) is 0.639. The van der Waals surface area contributed by atoms with Crippen molar-refractivity contribution in [3.63, 3.8) is 0 Å². The van der Waals surface area contributed by atoms with E-state index in [2.05, 4.69) is 5.32 Å². The summed E-state index contributed by atoms with van der Waals surface area (Å²) in [4.78, 5) is 22.5. The van der Waals surface area contributed by atoms with Gasteiger partial charge in [0, 0.05) is 18.2 Å². The van der Waals surface area contributed by atoms with Crippen molar-refractivity contribution in [1.82, 2.24) is 5.32 Å². The van der Waals surface area contributed by atoms with Crippen LogP contribution in [0.2, 0.25) is 0 Å². The van der Waals surface area contributed by atoms with Crippen molar-refractivity contribution in [3.05, 3.63) is 39.9 Å². The van der Waals surface area contributed by atoms with Gasteiger partial charge in [-0.05, 0) is 18.9 Å². The Morgan fingerprint density at radius 2 is 2.00 bits per heavy atom. The third kappa shape index (κ3) is 3.08. The van der Waals surface area contributed by atoms with Crippen LogP contribution in [0.4, 0.5) is 5.69 Å². The molecule has 1 aromatic rings. The van der Waals surface area contributed by atoms with Crippen molar-refractivity contribution < 1.29 is 9.72 Å². The first kappa shape index (κ1) is 13.5. The fourth-order valence-electron chi connectivity index (χ4n) is 2.41. The summed E-state index contributed by atoms with van der Waals surface area (Å²) >= 11 is 0. The highest BCUT2D eigenvalue weighted by Gasteiger charge is 2.26. The van der Waals surface area contributed by atoms with Gasteiger partial charge in [-0.25, -0.2) is 0 Å². The molecular formula is C13H17N3O3. The van der Waals surface area contributed by atoms with Crippen molar-refractivity contribution >= 4 is 11.6 Å². The minimum atomic E-state index is -0.546. The second-order valence-corrected chi connectivity index (χ2v) is 4.80. The third-order valence-electron chi connectivity index (χ3n) is 3.48. The molecule has 6 nitrogen and oxygen atoms in total. The van der Waals surface area contributed by atoms with E-state index in [1.54, 1.807) is 12.1 Å². The fraction of sp³-hybridized carbons (Fsp3) is 0.462. The normalized spacial score (nSPS) is 22.8. The molecule has 2 unspecified atom stereocenters. The number of carbonyl (C=O) groups is 1. The number of rotatable bonds is 3. The summed E-state index contributed by atoms with van der Waals surface area (Å²) in [5.41, 5.74) is 5.87. The van der Waals surface area contributed by atoms with Crippen molar-refractivity contribution in [2.75, 3.05) is 0 Å². The number of nitrogens with zero attached hydrogens (tertiary/aromatic N) is 1. The van der Waals surface area contributed by atoms with Crippen LogP contribution < -0.4 is 11.1 Å². The van der Waals surface area contributed by atoms with Gasteiger partial charge in [0.1, 0.15) is 5.56 Å². The Hall–Kier alpha value is -1.95. The first-order chi connectivity index (χ1) is 9.09. The maximum atomic E-state index is 12.1. The predicted molar refractivity (Wildman–Crippen MR) is 70.8 cm³/mol. The van der Waals surface area contributed by atoms with Gasteiger partial charge in [-0.2, -0.15) is 0 Å². The molecule has 1 fully saturated rings. The van der Waals surface area contributed by atoms with Crippen molar-refractivity contribution in [3.8, 4) is 0 Å². The Kier molecular flexibility index (Phi) is 4.11. The highest BCUT2D eigenvalue weighted by molar-refractivity contribution is 5.98. The number of benzene rings is 1.